The minimum atomic E-state index is 0.184. The molecular weight excluding hydrogens is 286 g/mol. The van der Waals surface area contributed by atoms with Crippen LogP contribution in [0.4, 0.5) is 5.82 Å². The van der Waals surface area contributed by atoms with Gasteiger partial charge in [0.25, 0.3) is 0 Å². The number of pyridine rings is 1. The van der Waals surface area contributed by atoms with E-state index in [1.807, 2.05) is 6.07 Å². The Morgan fingerprint density at radius 2 is 1.91 bits per heavy atom. The van der Waals surface area contributed by atoms with Crippen molar-refractivity contribution in [2.75, 3.05) is 12.3 Å². The molecule has 0 fully saturated rings. The molecule has 0 amide bonds. The molecule has 0 aliphatic heterocycles. The number of hydrogen-bond acceptors (Lipinski definition) is 3. The Morgan fingerprint density at radius 1 is 1.17 bits per heavy atom. The second kappa shape index (κ2) is 6.42. The van der Waals surface area contributed by atoms with Gasteiger partial charge in [0.2, 0.25) is 0 Å². The van der Waals surface area contributed by atoms with E-state index in [1.165, 1.54) is 22.4 Å². The van der Waals surface area contributed by atoms with Gasteiger partial charge in [-0.3, -0.25) is 0 Å². The summed E-state index contributed by atoms with van der Waals surface area (Å²) in [6.07, 6.45) is 3.39. The van der Waals surface area contributed by atoms with Gasteiger partial charge in [-0.2, -0.15) is 0 Å². The number of nitrogens with zero attached hydrogens (tertiary/aromatic N) is 2. The van der Waals surface area contributed by atoms with Gasteiger partial charge in [-0.1, -0.05) is 36.8 Å². The Hall–Kier alpha value is -2.33. The van der Waals surface area contributed by atoms with E-state index < -0.39 is 0 Å². The second-order valence-corrected chi connectivity index (χ2v) is 5.86. The number of nitrogen functional groups attached to an aromatic ring is 1. The Morgan fingerprint density at radius 3 is 2.57 bits per heavy atom. The molecule has 3 rings (SSSR count). The molecular formula is C19H23N3O. The Kier molecular flexibility index (Phi) is 4.35. The maximum absolute atomic E-state index is 9.22. The normalized spacial score (nSPS) is 11.3. The highest BCUT2D eigenvalue weighted by molar-refractivity contribution is 6.04. The highest BCUT2D eigenvalue weighted by Crippen LogP contribution is 2.38. The lowest BCUT2D eigenvalue weighted by Gasteiger charge is -2.10. The third-order valence-electron chi connectivity index (χ3n) is 4.33. The van der Waals surface area contributed by atoms with Crippen LogP contribution in [0.25, 0.3) is 22.0 Å². The highest BCUT2D eigenvalue weighted by Gasteiger charge is 2.19. The molecule has 0 saturated carbocycles. The number of aromatic nitrogens is 2. The lowest BCUT2D eigenvalue weighted by Crippen LogP contribution is -2.04. The van der Waals surface area contributed by atoms with Crippen molar-refractivity contribution >= 4 is 16.7 Å². The van der Waals surface area contributed by atoms with Crippen LogP contribution in [0.2, 0.25) is 0 Å². The molecule has 3 aromatic rings. The Labute approximate surface area is 136 Å². The van der Waals surface area contributed by atoms with Gasteiger partial charge in [-0.25, -0.2) is 4.98 Å². The summed E-state index contributed by atoms with van der Waals surface area (Å²) in [4.78, 5) is 4.30. The van der Waals surface area contributed by atoms with E-state index >= 15 is 0 Å². The third kappa shape index (κ3) is 2.70. The van der Waals surface area contributed by atoms with Crippen molar-refractivity contribution in [1.29, 1.82) is 0 Å². The van der Waals surface area contributed by atoms with Crippen LogP contribution in [-0.2, 0) is 13.0 Å². The van der Waals surface area contributed by atoms with E-state index in [4.69, 9.17) is 5.73 Å². The summed E-state index contributed by atoms with van der Waals surface area (Å²) >= 11 is 0. The summed E-state index contributed by atoms with van der Waals surface area (Å²) in [5.41, 5.74) is 12.1. The van der Waals surface area contributed by atoms with Gasteiger partial charge in [0.1, 0.15) is 5.82 Å². The van der Waals surface area contributed by atoms with Crippen molar-refractivity contribution in [3.05, 3.63) is 47.8 Å². The summed E-state index contributed by atoms with van der Waals surface area (Å²) in [5.74, 6) is 0.565. The van der Waals surface area contributed by atoms with Crippen LogP contribution in [0.1, 0.15) is 24.6 Å². The summed E-state index contributed by atoms with van der Waals surface area (Å²) in [7, 11) is 0. The molecule has 0 aliphatic carbocycles. The first kappa shape index (κ1) is 15.6. The smallest absolute Gasteiger partial charge is 0.133 e. The van der Waals surface area contributed by atoms with Crippen molar-refractivity contribution in [3.63, 3.8) is 0 Å². The number of fused-ring (bicyclic) bond motifs is 1. The van der Waals surface area contributed by atoms with Gasteiger partial charge in [0.05, 0.1) is 5.52 Å². The Balaban J connectivity index is 2.32. The number of anilines is 1. The molecule has 2 heterocycles. The van der Waals surface area contributed by atoms with Gasteiger partial charge in [-0.05, 0) is 31.4 Å². The molecule has 0 spiro atoms. The SMILES string of the molecule is CCc1c(-c2ccc(C)cc2)c2c(N)nccc2n1CCCO. The molecule has 120 valence electrons. The van der Waals surface area contributed by atoms with E-state index in [0.717, 1.165) is 30.3 Å². The summed E-state index contributed by atoms with van der Waals surface area (Å²) in [6, 6.07) is 10.6. The summed E-state index contributed by atoms with van der Waals surface area (Å²) in [5, 5.41) is 10.2. The summed E-state index contributed by atoms with van der Waals surface area (Å²) in [6.45, 7) is 5.21. The summed E-state index contributed by atoms with van der Waals surface area (Å²) < 4.78 is 2.28. The van der Waals surface area contributed by atoms with E-state index in [1.54, 1.807) is 6.20 Å². The third-order valence-corrected chi connectivity index (χ3v) is 4.33. The first-order chi connectivity index (χ1) is 11.2. The van der Waals surface area contributed by atoms with E-state index in [0.29, 0.717) is 5.82 Å². The van der Waals surface area contributed by atoms with Gasteiger partial charge < -0.3 is 15.4 Å². The standard InChI is InChI=1S/C19H23N3O/c1-3-15-17(14-7-5-13(2)6-8-14)18-16(9-10-21-19(18)20)22(15)11-4-12-23/h5-10,23H,3-4,11-12H2,1-2H3,(H2,20,21). The fraction of sp³-hybridized carbons (Fsp3) is 0.316. The Bertz CT molecular complexity index is 819. The van der Waals surface area contributed by atoms with Crippen LogP contribution in [-0.4, -0.2) is 21.3 Å². The predicted molar refractivity (Wildman–Crippen MR) is 95.4 cm³/mol. The number of benzene rings is 1. The number of hydrogen-bond donors (Lipinski definition) is 2. The average molecular weight is 309 g/mol. The minimum absolute atomic E-state index is 0.184. The number of nitrogens with two attached hydrogens (primary N) is 1. The van der Waals surface area contributed by atoms with Gasteiger partial charge in [0, 0.05) is 36.0 Å². The molecule has 1 aromatic carbocycles. The molecule has 0 aliphatic rings. The molecule has 2 aromatic heterocycles. The zero-order valence-corrected chi connectivity index (χ0v) is 13.7. The fourth-order valence-corrected chi connectivity index (χ4v) is 3.26. The van der Waals surface area contributed by atoms with Crippen LogP contribution in [0.3, 0.4) is 0 Å². The first-order valence-corrected chi connectivity index (χ1v) is 8.10. The molecule has 23 heavy (non-hydrogen) atoms. The second-order valence-electron chi connectivity index (χ2n) is 5.86. The zero-order chi connectivity index (χ0) is 16.4. The quantitative estimate of drug-likeness (QED) is 0.757. The monoisotopic (exact) mass is 309 g/mol. The molecule has 0 radical (unpaired) electrons. The highest BCUT2D eigenvalue weighted by atomic mass is 16.3. The number of rotatable bonds is 5. The predicted octanol–water partition coefficient (Wildman–Crippen LogP) is 3.54. The molecule has 0 unspecified atom stereocenters. The van der Waals surface area contributed by atoms with Gasteiger partial charge >= 0.3 is 0 Å². The molecule has 0 saturated heterocycles. The maximum Gasteiger partial charge on any atom is 0.133 e. The minimum Gasteiger partial charge on any atom is -0.396 e. The fourth-order valence-electron chi connectivity index (χ4n) is 3.26. The van der Waals surface area contributed by atoms with E-state index in [9.17, 15) is 5.11 Å². The molecule has 4 nitrogen and oxygen atoms in total. The van der Waals surface area contributed by atoms with E-state index in [2.05, 4.69) is 47.7 Å². The zero-order valence-electron chi connectivity index (χ0n) is 13.7. The van der Waals surface area contributed by atoms with Crippen molar-refractivity contribution in [1.82, 2.24) is 9.55 Å². The van der Waals surface area contributed by atoms with Crippen molar-refractivity contribution in [2.24, 2.45) is 0 Å². The van der Waals surface area contributed by atoms with Crippen LogP contribution >= 0.6 is 0 Å². The largest absolute Gasteiger partial charge is 0.396 e. The number of aryl methyl sites for hydroxylation is 2. The van der Waals surface area contributed by atoms with Crippen molar-refractivity contribution < 1.29 is 5.11 Å². The molecule has 0 atom stereocenters. The number of aliphatic hydroxyl groups is 1. The first-order valence-electron chi connectivity index (χ1n) is 8.10. The van der Waals surface area contributed by atoms with Crippen LogP contribution < -0.4 is 5.73 Å². The van der Waals surface area contributed by atoms with Crippen LogP contribution in [0, 0.1) is 6.92 Å². The lowest BCUT2D eigenvalue weighted by molar-refractivity contribution is 0.280. The molecule has 4 heteroatoms. The van der Waals surface area contributed by atoms with Crippen LogP contribution in [0.15, 0.2) is 36.5 Å². The van der Waals surface area contributed by atoms with E-state index in [-0.39, 0.29) is 6.61 Å². The van der Waals surface area contributed by atoms with Crippen molar-refractivity contribution in [2.45, 2.75) is 33.2 Å². The van der Waals surface area contributed by atoms with Gasteiger partial charge in [-0.15, -0.1) is 0 Å². The van der Waals surface area contributed by atoms with Crippen LogP contribution in [0.5, 0.6) is 0 Å². The van der Waals surface area contributed by atoms with Gasteiger partial charge in [0.15, 0.2) is 0 Å². The molecule has 3 N–H and O–H groups in total. The topological polar surface area (TPSA) is 64.1 Å². The average Bonchev–Trinajstić information content (AvgIpc) is 2.88. The lowest BCUT2D eigenvalue weighted by atomic mass is 10.00. The van der Waals surface area contributed by atoms with Crippen molar-refractivity contribution in [3.8, 4) is 11.1 Å². The maximum atomic E-state index is 9.22. The number of aliphatic hydroxyl groups excluding tert-OH is 1. The molecule has 0 bridgehead atoms.